The Morgan fingerprint density at radius 1 is 1.58 bits per heavy atom. The monoisotopic (exact) mass is 168 g/mol. The van der Waals surface area contributed by atoms with Gasteiger partial charge in [0.15, 0.2) is 0 Å². The Hall–Kier alpha value is -0.960. The number of hydrogen-bond acceptors (Lipinski definition) is 2. The summed E-state index contributed by atoms with van der Waals surface area (Å²) >= 11 is 0. The lowest BCUT2D eigenvalue weighted by atomic mass is 10.1. The maximum absolute atomic E-state index is 12.9. The molecule has 2 nitrogen and oxygen atoms in total. The topological polar surface area (TPSA) is 38.9 Å². The molecule has 0 aliphatic heterocycles. The van der Waals surface area contributed by atoms with Crippen molar-refractivity contribution in [1.29, 1.82) is 0 Å². The molecule has 1 heterocycles. The number of nitrogens with two attached hydrogens (primary N) is 1. The van der Waals surface area contributed by atoms with Gasteiger partial charge < -0.3 is 5.73 Å². The van der Waals surface area contributed by atoms with E-state index in [2.05, 4.69) is 4.98 Å². The van der Waals surface area contributed by atoms with E-state index in [-0.39, 0.29) is 5.95 Å². The van der Waals surface area contributed by atoms with Crippen LogP contribution < -0.4 is 5.73 Å². The van der Waals surface area contributed by atoms with Crippen LogP contribution in [-0.4, -0.2) is 11.5 Å². The van der Waals surface area contributed by atoms with Crippen LogP contribution in [0.15, 0.2) is 12.3 Å². The van der Waals surface area contributed by atoms with Crippen LogP contribution in [0.25, 0.3) is 0 Å². The summed E-state index contributed by atoms with van der Waals surface area (Å²) in [5, 5.41) is 0. The lowest BCUT2D eigenvalue weighted by molar-refractivity contribution is 0.562. The van der Waals surface area contributed by atoms with Gasteiger partial charge in [0.2, 0.25) is 5.95 Å². The summed E-state index contributed by atoms with van der Waals surface area (Å²) in [4.78, 5) is 3.62. The number of halogens is 1. The maximum Gasteiger partial charge on any atom is 0.216 e. The summed E-state index contributed by atoms with van der Waals surface area (Å²) in [6.45, 7) is 2.49. The Morgan fingerprint density at radius 2 is 2.33 bits per heavy atom. The second kappa shape index (κ2) is 4.16. The molecule has 0 amide bonds. The van der Waals surface area contributed by atoms with Crippen molar-refractivity contribution in [2.45, 2.75) is 19.8 Å². The highest BCUT2D eigenvalue weighted by Gasteiger charge is 2.01. The van der Waals surface area contributed by atoms with Crippen molar-refractivity contribution in [3.05, 3.63) is 29.3 Å². The minimum absolute atomic E-state index is 0.367. The number of aryl methyl sites for hydroxylation is 2. The van der Waals surface area contributed by atoms with E-state index in [1.54, 1.807) is 0 Å². The third kappa shape index (κ3) is 2.27. The van der Waals surface area contributed by atoms with Crippen molar-refractivity contribution in [3.8, 4) is 0 Å². The van der Waals surface area contributed by atoms with Gasteiger partial charge in [-0.3, -0.25) is 0 Å². The van der Waals surface area contributed by atoms with Crippen LogP contribution in [-0.2, 0) is 6.42 Å². The van der Waals surface area contributed by atoms with Gasteiger partial charge in [-0.05, 0) is 31.9 Å². The van der Waals surface area contributed by atoms with Crippen LogP contribution >= 0.6 is 0 Å². The zero-order valence-electron chi connectivity index (χ0n) is 7.18. The Kier molecular flexibility index (Phi) is 3.17. The molecule has 0 atom stereocenters. The van der Waals surface area contributed by atoms with E-state index in [1.807, 2.05) is 13.0 Å². The molecule has 1 rings (SSSR count). The molecular weight excluding hydrogens is 155 g/mol. The number of aromatic nitrogens is 1. The van der Waals surface area contributed by atoms with Crippen LogP contribution in [0.1, 0.15) is 17.5 Å². The Balaban J connectivity index is 2.75. The molecule has 1 aromatic heterocycles. The van der Waals surface area contributed by atoms with E-state index in [0.717, 1.165) is 12.0 Å². The smallest absolute Gasteiger partial charge is 0.216 e. The molecule has 0 bridgehead atoms. The number of nitrogens with zero attached hydrogens (tertiary/aromatic N) is 1. The van der Waals surface area contributed by atoms with Crippen molar-refractivity contribution >= 4 is 0 Å². The second-order valence-corrected chi connectivity index (χ2v) is 2.85. The summed E-state index contributed by atoms with van der Waals surface area (Å²) in [7, 11) is 0. The summed E-state index contributed by atoms with van der Waals surface area (Å²) < 4.78 is 12.9. The largest absolute Gasteiger partial charge is 0.330 e. The van der Waals surface area contributed by atoms with E-state index >= 15 is 0 Å². The van der Waals surface area contributed by atoms with Gasteiger partial charge in [0, 0.05) is 11.8 Å². The summed E-state index contributed by atoms with van der Waals surface area (Å²) in [5.74, 6) is -0.367. The zero-order chi connectivity index (χ0) is 8.97. The van der Waals surface area contributed by atoms with Crippen molar-refractivity contribution in [2.75, 3.05) is 6.54 Å². The highest BCUT2D eigenvalue weighted by atomic mass is 19.1. The number of rotatable bonds is 3. The van der Waals surface area contributed by atoms with Gasteiger partial charge in [-0.1, -0.05) is 6.07 Å². The fraction of sp³-hybridized carbons (Fsp3) is 0.444. The first-order chi connectivity index (χ1) is 5.74. The molecule has 2 N–H and O–H groups in total. The lowest BCUT2D eigenvalue weighted by Crippen LogP contribution is -2.02. The maximum atomic E-state index is 12.9. The predicted octanol–water partition coefficient (Wildman–Crippen LogP) is 1.42. The van der Waals surface area contributed by atoms with E-state index < -0.39 is 0 Å². The first-order valence-corrected chi connectivity index (χ1v) is 4.05. The van der Waals surface area contributed by atoms with Gasteiger partial charge in [-0.25, -0.2) is 4.98 Å². The molecule has 0 fully saturated rings. The van der Waals surface area contributed by atoms with Gasteiger partial charge in [-0.15, -0.1) is 0 Å². The van der Waals surface area contributed by atoms with Crippen LogP contribution in [0.4, 0.5) is 4.39 Å². The first-order valence-electron chi connectivity index (χ1n) is 4.05. The molecule has 0 spiro atoms. The van der Waals surface area contributed by atoms with Gasteiger partial charge in [0.25, 0.3) is 0 Å². The SMILES string of the molecule is Cc1cnc(F)c(CCCN)c1. The first kappa shape index (κ1) is 9.13. The molecule has 0 aliphatic rings. The molecule has 12 heavy (non-hydrogen) atoms. The molecule has 0 saturated carbocycles. The van der Waals surface area contributed by atoms with Crippen LogP contribution in [0.3, 0.4) is 0 Å². The molecule has 0 saturated heterocycles. The highest BCUT2D eigenvalue weighted by Crippen LogP contribution is 2.08. The Bertz CT molecular complexity index is 261. The third-order valence-corrected chi connectivity index (χ3v) is 1.70. The molecule has 0 radical (unpaired) electrons. The van der Waals surface area contributed by atoms with Crippen LogP contribution in [0.2, 0.25) is 0 Å². The van der Waals surface area contributed by atoms with E-state index in [0.29, 0.717) is 18.5 Å². The van der Waals surface area contributed by atoms with Crippen molar-refractivity contribution in [2.24, 2.45) is 5.73 Å². The van der Waals surface area contributed by atoms with Gasteiger partial charge in [-0.2, -0.15) is 4.39 Å². The second-order valence-electron chi connectivity index (χ2n) is 2.85. The summed E-state index contributed by atoms with van der Waals surface area (Å²) in [6, 6.07) is 1.82. The quantitative estimate of drug-likeness (QED) is 0.693. The van der Waals surface area contributed by atoms with Crippen molar-refractivity contribution < 1.29 is 4.39 Å². The fourth-order valence-electron chi connectivity index (χ4n) is 1.08. The predicted molar refractivity (Wildman–Crippen MR) is 46.3 cm³/mol. The van der Waals surface area contributed by atoms with E-state index in [9.17, 15) is 4.39 Å². The van der Waals surface area contributed by atoms with Crippen LogP contribution in [0, 0.1) is 12.9 Å². The molecule has 0 aliphatic carbocycles. The molecule has 1 aromatic rings. The average molecular weight is 168 g/mol. The molecule has 0 aromatic carbocycles. The average Bonchev–Trinajstić information content (AvgIpc) is 2.07. The lowest BCUT2D eigenvalue weighted by Gasteiger charge is -2.01. The van der Waals surface area contributed by atoms with Crippen molar-refractivity contribution in [3.63, 3.8) is 0 Å². The fourth-order valence-corrected chi connectivity index (χ4v) is 1.08. The molecule has 66 valence electrons. The molecule has 0 unspecified atom stereocenters. The summed E-state index contributed by atoms with van der Waals surface area (Å²) in [6.07, 6.45) is 3.01. The van der Waals surface area contributed by atoms with Gasteiger partial charge in [0.05, 0.1) is 0 Å². The Labute approximate surface area is 71.6 Å². The number of hydrogen-bond donors (Lipinski definition) is 1. The normalized spacial score (nSPS) is 10.2. The Morgan fingerprint density at radius 3 is 3.00 bits per heavy atom. The third-order valence-electron chi connectivity index (χ3n) is 1.70. The van der Waals surface area contributed by atoms with Crippen molar-refractivity contribution in [1.82, 2.24) is 4.98 Å². The van der Waals surface area contributed by atoms with E-state index in [4.69, 9.17) is 5.73 Å². The minimum atomic E-state index is -0.367. The minimum Gasteiger partial charge on any atom is -0.330 e. The number of pyridine rings is 1. The molecular formula is C9H13FN2. The standard InChI is InChI=1S/C9H13FN2/c1-7-5-8(3-2-4-11)9(10)12-6-7/h5-6H,2-4,11H2,1H3. The van der Waals surface area contributed by atoms with Gasteiger partial charge in [0.1, 0.15) is 0 Å². The van der Waals surface area contributed by atoms with Gasteiger partial charge >= 0.3 is 0 Å². The zero-order valence-corrected chi connectivity index (χ0v) is 7.18. The molecule has 3 heteroatoms. The van der Waals surface area contributed by atoms with E-state index in [1.165, 1.54) is 6.20 Å². The summed E-state index contributed by atoms with van der Waals surface area (Å²) in [5.41, 5.74) is 6.98. The van der Waals surface area contributed by atoms with Crippen LogP contribution in [0.5, 0.6) is 0 Å². The highest BCUT2D eigenvalue weighted by molar-refractivity contribution is 5.18.